The molecule has 6 nitrogen and oxygen atoms in total. The van der Waals surface area contributed by atoms with Gasteiger partial charge in [0, 0.05) is 10.4 Å². The number of nitrogens with zero attached hydrogens (tertiary/aromatic N) is 2. The van der Waals surface area contributed by atoms with Crippen molar-refractivity contribution in [1.29, 1.82) is 5.26 Å². The van der Waals surface area contributed by atoms with Gasteiger partial charge in [0.15, 0.2) is 6.10 Å². The quantitative estimate of drug-likeness (QED) is 0.249. The zero-order chi connectivity index (χ0) is 26.2. The number of hydrogen-bond acceptors (Lipinski definition) is 7. The fourth-order valence-electron chi connectivity index (χ4n) is 4.67. The van der Waals surface area contributed by atoms with Crippen LogP contribution in [0.25, 0.3) is 31.2 Å². The van der Waals surface area contributed by atoms with Gasteiger partial charge in [-0.3, -0.25) is 4.79 Å². The lowest BCUT2D eigenvalue weighted by molar-refractivity contribution is -0.123. The van der Waals surface area contributed by atoms with E-state index in [2.05, 4.69) is 22.4 Å². The van der Waals surface area contributed by atoms with Crippen molar-refractivity contribution < 1.29 is 14.3 Å². The molecule has 1 N–H and O–H groups in total. The Balaban J connectivity index is 1.22. The summed E-state index contributed by atoms with van der Waals surface area (Å²) in [6.07, 6.45) is 0.530. The van der Waals surface area contributed by atoms with Gasteiger partial charge in [-0.25, -0.2) is 9.78 Å². The molecule has 1 unspecified atom stereocenters. The van der Waals surface area contributed by atoms with Crippen LogP contribution in [0.1, 0.15) is 34.0 Å². The minimum absolute atomic E-state index is 0.340. The molecule has 2 aromatic heterocycles. The lowest BCUT2D eigenvalue weighted by Gasteiger charge is -2.15. The van der Waals surface area contributed by atoms with Crippen LogP contribution in [0.3, 0.4) is 0 Å². The summed E-state index contributed by atoms with van der Waals surface area (Å²) in [6.45, 7) is 1.53. The van der Waals surface area contributed by atoms with Crippen molar-refractivity contribution >= 4 is 49.8 Å². The molecule has 0 saturated heterocycles. The number of para-hydroxylation sites is 1. The Bertz CT molecular complexity index is 1730. The minimum Gasteiger partial charge on any atom is -0.449 e. The van der Waals surface area contributed by atoms with Gasteiger partial charge < -0.3 is 10.1 Å². The standard InChI is InChI=1S/C30H21N3O3S2/c1-17(27(34)33-29-23(16-31)20-15-14-18-8-2-3-9-19(18)26(20)38-29)36-30(35)22-11-5-4-10-21(22)28-32-24-12-6-7-13-25(24)37-28/h2-13,17H,14-15H2,1H3,(H,33,34). The first-order chi connectivity index (χ1) is 18.5. The minimum atomic E-state index is -1.07. The summed E-state index contributed by atoms with van der Waals surface area (Å²) in [7, 11) is 0. The number of fused-ring (bicyclic) bond motifs is 4. The summed E-state index contributed by atoms with van der Waals surface area (Å²) in [5.41, 5.74) is 5.63. The van der Waals surface area contributed by atoms with Crippen molar-refractivity contribution in [2.24, 2.45) is 0 Å². The van der Waals surface area contributed by atoms with Crippen LogP contribution >= 0.6 is 22.7 Å². The Morgan fingerprint density at radius 3 is 2.53 bits per heavy atom. The third-order valence-corrected chi connectivity index (χ3v) is 8.84. The maximum atomic E-state index is 13.2. The molecular formula is C30H21N3O3S2. The average Bonchev–Trinajstić information content (AvgIpc) is 3.54. The molecule has 0 spiro atoms. The summed E-state index contributed by atoms with van der Waals surface area (Å²) >= 11 is 2.88. The summed E-state index contributed by atoms with van der Waals surface area (Å²) in [4.78, 5) is 31.9. The maximum absolute atomic E-state index is 13.2. The molecule has 186 valence electrons. The van der Waals surface area contributed by atoms with E-state index in [1.165, 1.54) is 35.2 Å². The van der Waals surface area contributed by atoms with E-state index < -0.39 is 18.0 Å². The number of esters is 1. The van der Waals surface area contributed by atoms with Crippen LogP contribution < -0.4 is 5.32 Å². The van der Waals surface area contributed by atoms with Gasteiger partial charge in [-0.15, -0.1) is 22.7 Å². The second-order valence-electron chi connectivity index (χ2n) is 8.95. The van der Waals surface area contributed by atoms with Gasteiger partial charge in [-0.1, -0.05) is 54.6 Å². The summed E-state index contributed by atoms with van der Waals surface area (Å²) in [6, 6.07) is 25.3. The number of rotatable bonds is 5. The highest BCUT2D eigenvalue weighted by Gasteiger charge is 2.28. The molecule has 1 aliphatic carbocycles. The Hall–Kier alpha value is -4.32. The van der Waals surface area contributed by atoms with E-state index >= 15 is 0 Å². The van der Waals surface area contributed by atoms with Gasteiger partial charge in [-0.2, -0.15) is 5.26 Å². The van der Waals surface area contributed by atoms with Gasteiger partial charge >= 0.3 is 5.97 Å². The van der Waals surface area contributed by atoms with Crippen LogP contribution in [0.15, 0.2) is 72.8 Å². The summed E-state index contributed by atoms with van der Waals surface area (Å²) < 4.78 is 6.61. The topological polar surface area (TPSA) is 92.1 Å². The molecular weight excluding hydrogens is 514 g/mol. The van der Waals surface area contributed by atoms with Crippen LogP contribution in [-0.4, -0.2) is 23.0 Å². The summed E-state index contributed by atoms with van der Waals surface area (Å²) in [5, 5.41) is 13.9. The molecule has 1 aliphatic rings. The van der Waals surface area contributed by atoms with Crippen molar-refractivity contribution in [3.63, 3.8) is 0 Å². The summed E-state index contributed by atoms with van der Waals surface area (Å²) in [5.74, 6) is -1.10. The highest BCUT2D eigenvalue weighted by Crippen LogP contribution is 2.44. The van der Waals surface area contributed by atoms with E-state index in [-0.39, 0.29) is 0 Å². The van der Waals surface area contributed by atoms with Crippen LogP contribution in [-0.2, 0) is 22.4 Å². The van der Waals surface area contributed by atoms with Crippen molar-refractivity contribution in [1.82, 2.24) is 4.98 Å². The van der Waals surface area contributed by atoms with E-state index in [0.29, 0.717) is 26.7 Å². The molecule has 5 aromatic rings. The third kappa shape index (κ3) is 4.26. The van der Waals surface area contributed by atoms with E-state index in [9.17, 15) is 14.9 Å². The van der Waals surface area contributed by atoms with Crippen molar-refractivity contribution in [2.75, 3.05) is 5.32 Å². The number of carbonyl (C=O) groups excluding carboxylic acids is 2. The SMILES string of the molecule is CC(OC(=O)c1ccccc1-c1nc2ccccc2s1)C(=O)Nc1sc2c(c1C#N)CCc1ccccc1-2. The number of amides is 1. The van der Waals surface area contributed by atoms with Gasteiger partial charge in [0.1, 0.15) is 16.1 Å². The maximum Gasteiger partial charge on any atom is 0.339 e. The lowest BCUT2D eigenvalue weighted by Crippen LogP contribution is -2.30. The number of aryl methyl sites for hydroxylation is 1. The molecule has 38 heavy (non-hydrogen) atoms. The molecule has 3 aromatic carbocycles. The number of ether oxygens (including phenoxy) is 1. The second-order valence-corrected chi connectivity index (χ2v) is 11.0. The molecule has 0 aliphatic heterocycles. The van der Waals surface area contributed by atoms with Crippen LogP contribution in [0.2, 0.25) is 0 Å². The molecule has 0 saturated carbocycles. The first-order valence-corrected chi connectivity index (χ1v) is 13.8. The Morgan fingerprint density at radius 1 is 0.974 bits per heavy atom. The Kier molecular flexibility index (Phi) is 6.24. The molecule has 0 bridgehead atoms. The zero-order valence-electron chi connectivity index (χ0n) is 20.4. The highest BCUT2D eigenvalue weighted by atomic mass is 32.1. The van der Waals surface area contributed by atoms with Gasteiger partial charge in [-0.05, 0) is 54.7 Å². The number of nitrogens with one attached hydrogen (secondary N) is 1. The lowest BCUT2D eigenvalue weighted by atomic mass is 9.90. The van der Waals surface area contributed by atoms with E-state index in [1.54, 1.807) is 12.1 Å². The molecule has 0 fully saturated rings. The zero-order valence-corrected chi connectivity index (χ0v) is 22.0. The fraction of sp³-hybridized carbons (Fsp3) is 0.133. The number of anilines is 1. The van der Waals surface area contributed by atoms with Crippen molar-refractivity contribution in [3.8, 4) is 27.1 Å². The number of nitriles is 1. The largest absolute Gasteiger partial charge is 0.449 e. The van der Waals surface area contributed by atoms with Gasteiger partial charge in [0.05, 0.1) is 21.3 Å². The molecule has 6 rings (SSSR count). The van der Waals surface area contributed by atoms with Crippen molar-refractivity contribution in [3.05, 3.63) is 95.1 Å². The molecule has 2 heterocycles. The van der Waals surface area contributed by atoms with Crippen molar-refractivity contribution in [2.45, 2.75) is 25.9 Å². The number of benzene rings is 3. The normalized spacial score (nSPS) is 12.7. The number of thiophene rings is 1. The van der Waals surface area contributed by atoms with Crippen LogP contribution in [0, 0.1) is 11.3 Å². The van der Waals surface area contributed by atoms with E-state index in [1.807, 2.05) is 54.6 Å². The Morgan fingerprint density at radius 2 is 1.71 bits per heavy atom. The Labute approximate surface area is 227 Å². The van der Waals surface area contributed by atoms with E-state index in [0.717, 1.165) is 39.1 Å². The van der Waals surface area contributed by atoms with Gasteiger partial charge in [0.2, 0.25) is 0 Å². The smallest absolute Gasteiger partial charge is 0.339 e. The number of thiazole rings is 1. The fourth-order valence-corrected chi connectivity index (χ4v) is 6.94. The van der Waals surface area contributed by atoms with Crippen LogP contribution in [0.5, 0.6) is 0 Å². The number of hydrogen-bond donors (Lipinski definition) is 1. The molecule has 0 radical (unpaired) electrons. The van der Waals surface area contributed by atoms with E-state index in [4.69, 9.17) is 4.74 Å². The monoisotopic (exact) mass is 535 g/mol. The number of aromatic nitrogens is 1. The third-order valence-electron chi connectivity index (χ3n) is 6.59. The first kappa shape index (κ1) is 24.0. The number of carbonyl (C=O) groups is 2. The molecule has 8 heteroatoms. The highest BCUT2D eigenvalue weighted by molar-refractivity contribution is 7.21. The predicted octanol–water partition coefficient (Wildman–Crippen LogP) is 6.85. The first-order valence-electron chi connectivity index (χ1n) is 12.1. The molecule has 1 atom stereocenters. The predicted molar refractivity (Wildman–Crippen MR) is 150 cm³/mol. The molecule has 1 amide bonds. The second kappa shape index (κ2) is 9.86. The average molecular weight is 536 g/mol. The van der Waals surface area contributed by atoms with Crippen LogP contribution in [0.4, 0.5) is 5.00 Å². The van der Waals surface area contributed by atoms with Gasteiger partial charge in [0.25, 0.3) is 5.91 Å².